The van der Waals surface area contributed by atoms with E-state index in [4.69, 9.17) is 0 Å². The Labute approximate surface area is 153 Å². The molecule has 0 radical (unpaired) electrons. The molecule has 0 amide bonds. The highest BCUT2D eigenvalue weighted by molar-refractivity contribution is 7.99. The van der Waals surface area contributed by atoms with Gasteiger partial charge in [0.15, 0.2) is 10.9 Å². The molecule has 0 aliphatic heterocycles. The minimum absolute atomic E-state index is 0.0538. The molecule has 0 atom stereocenters. The van der Waals surface area contributed by atoms with Crippen molar-refractivity contribution in [3.63, 3.8) is 0 Å². The number of hydrogen-bond donors (Lipinski definition) is 0. The zero-order valence-electron chi connectivity index (χ0n) is 14.4. The van der Waals surface area contributed by atoms with Crippen molar-refractivity contribution in [2.45, 2.75) is 37.9 Å². The van der Waals surface area contributed by atoms with Crippen molar-refractivity contribution in [1.82, 2.24) is 14.1 Å². The first-order valence-corrected chi connectivity index (χ1v) is 10.1. The minimum Gasteiger partial charge on any atom is -0.345 e. The molecule has 0 unspecified atom stereocenters. The number of aromatic nitrogens is 3. The molecule has 3 aromatic rings. The van der Waals surface area contributed by atoms with E-state index in [2.05, 4.69) is 16.5 Å². The lowest BCUT2D eigenvalue weighted by molar-refractivity contribution is 0.102. The van der Waals surface area contributed by atoms with Crippen LogP contribution in [0.25, 0.3) is 10.2 Å². The van der Waals surface area contributed by atoms with E-state index in [1.165, 1.54) is 40.5 Å². The molecule has 0 bridgehead atoms. The highest BCUT2D eigenvalue weighted by Gasteiger charge is 2.28. The first-order chi connectivity index (χ1) is 12.0. The van der Waals surface area contributed by atoms with E-state index in [0.29, 0.717) is 21.4 Å². The van der Waals surface area contributed by atoms with Gasteiger partial charge in [0.25, 0.3) is 5.56 Å². The Kier molecular flexibility index (Phi) is 4.08. The number of nitrogens with zero attached hydrogens (tertiary/aromatic N) is 3. The first-order valence-electron chi connectivity index (χ1n) is 8.26. The average Bonchev–Trinajstić information content (AvgIpc) is 3.21. The molecule has 1 fully saturated rings. The van der Waals surface area contributed by atoms with Gasteiger partial charge in [0.1, 0.15) is 4.70 Å². The van der Waals surface area contributed by atoms with E-state index in [-0.39, 0.29) is 17.1 Å². The normalized spacial score (nSPS) is 14.4. The summed E-state index contributed by atoms with van der Waals surface area (Å²) in [7, 11) is 1.71. The maximum Gasteiger partial charge on any atom is 0.271 e. The van der Waals surface area contributed by atoms with Gasteiger partial charge in [-0.1, -0.05) is 11.8 Å². The molecule has 3 aromatic heterocycles. The second-order valence-corrected chi connectivity index (χ2v) is 8.35. The number of carbonyl (C=O) groups excluding carboxylic acids is 1. The Morgan fingerprint density at radius 1 is 1.40 bits per heavy atom. The third-order valence-corrected chi connectivity index (χ3v) is 6.60. The highest BCUT2D eigenvalue weighted by Crippen LogP contribution is 2.38. The van der Waals surface area contributed by atoms with Gasteiger partial charge in [0.2, 0.25) is 0 Å². The fourth-order valence-electron chi connectivity index (χ4n) is 3.26. The Morgan fingerprint density at radius 3 is 2.88 bits per heavy atom. The summed E-state index contributed by atoms with van der Waals surface area (Å²) >= 11 is 2.73. The molecule has 1 saturated carbocycles. The molecule has 0 spiro atoms. The van der Waals surface area contributed by atoms with Gasteiger partial charge < -0.3 is 4.57 Å². The summed E-state index contributed by atoms with van der Waals surface area (Å²) in [6.07, 6.45) is 2.40. The SMILES string of the molecule is Cc1cc(C(=O)CSc2nc3ccsc3c(=O)n2C)c(C)n1C1CC1. The fourth-order valence-corrected chi connectivity index (χ4v) is 4.92. The van der Waals surface area contributed by atoms with Crippen LogP contribution in [0.2, 0.25) is 0 Å². The van der Waals surface area contributed by atoms with Crippen molar-refractivity contribution in [1.29, 1.82) is 0 Å². The summed E-state index contributed by atoms with van der Waals surface area (Å²) in [4.78, 5) is 29.6. The molecule has 4 rings (SSSR count). The number of aryl methyl sites for hydroxylation is 1. The number of fused-ring (bicyclic) bond motifs is 1. The summed E-state index contributed by atoms with van der Waals surface area (Å²) in [6.45, 7) is 4.08. The Morgan fingerprint density at radius 2 is 2.16 bits per heavy atom. The standard InChI is InChI=1S/C18H19N3O2S2/c1-10-8-13(11(2)21(10)12-4-5-12)15(22)9-25-18-19-14-6-7-24-16(14)17(23)20(18)3/h6-8,12H,4-5,9H2,1-3H3. The molecule has 1 aliphatic carbocycles. The summed E-state index contributed by atoms with van der Waals surface area (Å²) in [5, 5.41) is 2.45. The Balaban J connectivity index is 1.57. The summed E-state index contributed by atoms with van der Waals surface area (Å²) in [5.41, 5.74) is 3.65. The van der Waals surface area contributed by atoms with Crippen LogP contribution in [0.3, 0.4) is 0 Å². The maximum atomic E-state index is 12.7. The van der Waals surface area contributed by atoms with Crippen LogP contribution in [0, 0.1) is 13.8 Å². The molecular weight excluding hydrogens is 354 g/mol. The number of carbonyl (C=O) groups is 1. The van der Waals surface area contributed by atoms with E-state index < -0.39 is 0 Å². The van der Waals surface area contributed by atoms with E-state index >= 15 is 0 Å². The van der Waals surface area contributed by atoms with Gasteiger partial charge in [-0.2, -0.15) is 0 Å². The van der Waals surface area contributed by atoms with Gasteiger partial charge in [0, 0.05) is 30.0 Å². The zero-order chi connectivity index (χ0) is 17.7. The molecule has 7 heteroatoms. The van der Waals surface area contributed by atoms with E-state index in [1.807, 2.05) is 24.4 Å². The number of Topliss-reactive ketones (excluding diaryl/α,β-unsaturated/α-hetero) is 1. The summed E-state index contributed by atoms with van der Waals surface area (Å²) in [5.74, 6) is 0.370. The van der Waals surface area contributed by atoms with Gasteiger partial charge in [-0.05, 0) is 44.2 Å². The Hall–Kier alpha value is -1.86. The van der Waals surface area contributed by atoms with Crippen LogP contribution in [0.15, 0.2) is 27.5 Å². The Bertz CT molecular complexity index is 1040. The first kappa shape index (κ1) is 16.6. The van der Waals surface area contributed by atoms with Crippen molar-refractivity contribution < 1.29 is 4.79 Å². The molecular formula is C18H19N3O2S2. The topological polar surface area (TPSA) is 56.9 Å². The second-order valence-electron chi connectivity index (χ2n) is 6.49. The van der Waals surface area contributed by atoms with E-state index in [0.717, 1.165) is 17.0 Å². The zero-order valence-corrected chi connectivity index (χ0v) is 16.0. The monoisotopic (exact) mass is 373 g/mol. The maximum absolute atomic E-state index is 12.7. The van der Waals surface area contributed by atoms with Crippen molar-refractivity contribution in [2.75, 3.05) is 5.75 Å². The van der Waals surface area contributed by atoms with Gasteiger partial charge in [-0.15, -0.1) is 11.3 Å². The average molecular weight is 374 g/mol. The van der Waals surface area contributed by atoms with Crippen LogP contribution in [0.1, 0.15) is 40.6 Å². The van der Waals surface area contributed by atoms with Crippen LogP contribution in [-0.2, 0) is 7.05 Å². The minimum atomic E-state index is -0.0538. The molecule has 0 aromatic carbocycles. The molecule has 25 heavy (non-hydrogen) atoms. The van der Waals surface area contributed by atoms with Crippen LogP contribution in [-0.4, -0.2) is 25.7 Å². The molecule has 1 aliphatic rings. The van der Waals surface area contributed by atoms with Crippen LogP contribution < -0.4 is 5.56 Å². The fraction of sp³-hybridized carbons (Fsp3) is 0.389. The van der Waals surface area contributed by atoms with Crippen molar-refractivity contribution in [3.05, 3.63) is 44.8 Å². The van der Waals surface area contributed by atoms with Gasteiger partial charge >= 0.3 is 0 Å². The second kappa shape index (κ2) is 6.14. The molecule has 5 nitrogen and oxygen atoms in total. The largest absolute Gasteiger partial charge is 0.345 e. The van der Waals surface area contributed by atoms with Crippen LogP contribution in [0.5, 0.6) is 0 Å². The quantitative estimate of drug-likeness (QED) is 0.388. The van der Waals surface area contributed by atoms with E-state index in [9.17, 15) is 9.59 Å². The predicted molar refractivity (Wildman–Crippen MR) is 102 cm³/mol. The van der Waals surface area contributed by atoms with Gasteiger partial charge in [-0.25, -0.2) is 4.98 Å². The van der Waals surface area contributed by atoms with Crippen molar-refractivity contribution >= 4 is 39.1 Å². The molecule has 3 heterocycles. The van der Waals surface area contributed by atoms with Crippen molar-refractivity contribution in [2.24, 2.45) is 7.05 Å². The van der Waals surface area contributed by atoms with Gasteiger partial charge in [-0.3, -0.25) is 14.2 Å². The molecule has 130 valence electrons. The van der Waals surface area contributed by atoms with Crippen molar-refractivity contribution in [3.8, 4) is 0 Å². The third-order valence-electron chi connectivity index (χ3n) is 4.68. The number of hydrogen-bond acceptors (Lipinski definition) is 5. The smallest absolute Gasteiger partial charge is 0.271 e. The number of thiophene rings is 1. The predicted octanol–water partition coefficient (Wildman–Crippen LogP) is 3.72. The number of ketones is 1. The lowest BCUT2D eigenvalue weighted by Crippen LogP contribution is -2.19. The molecule has 0 saturated heterocycles. The van der Waals surface area contributed by atoms with Crippen LogP contribution >= 0.6 is 23.1 Å². The number of rotatable bonds is 5. The number of thioether (sulfide) groups is 1. The third kappa shape index (κ3) is 2.85. The summed E-state index contributed by atoms with van der Waals surface area (Å²) < 4.78 is 4.47. The highest BCUT2D eigenvalue weighted by atomic mass is 32.2. The summed E-state index contributed by atoms with van der Waals surface area (Å²) in [6, 6.07) is 4.40. The van der Waals surface area contributed by atoms with E-state index in [1.54, 1.807) is 7.05 Å². The lowest BCUT2D eigenvalue weighted by atomic mass is 10.2. The molecule has 0 N–H and O–H groups in total. The van der Waals surface area contributed by atoms with Gasteiger partial charge in [0.05, 0.1) is 11.3 Å². The lowest BCUT2D eigenvalue weighted by Gasteiger charge is -2.08. The van der Waals surface area contributed by atoms with Crippen LogP contribution in [0.4, 0.5) is 0 Å².